The number of amides is 1. The van der Waals surface area contributed by atoms with Crippen molar-refractivity contribution in [2.75, 3.05) is 11.9 Å². The first-order valence-electron chi connectivity index (χ1n) is 6.47. The lowest BCUT2D eigenvalue weighted by Crippen LogP contribution is -2.33. The maximum atomic E-state index is 11.6. The summed E-state index contributed by atoms with van der Waals surface area (Å²) in [6.45, 7) is 5.84. The number of ether oxygens (including phenoxy) is 1. The number of para-hydroxylation sites is 1. The van der Waals surface area contributed by atoms with E-state index in [-0.39, 0.29) is 11.7 Å². The van der Waals surface area contributed by atoms with Gasteiger partial charge in [-0.25, -0.2) is 4.79 Å². The third-order valence-corrected chi connectivity index (χ3v) is 2.82. The van der Waals surface area contributed by atoms with Crippen molar-refractivity contribution in [3.8, 4) is 0 Å². The van der Waals surface area contributed by atoms with Crippen LogP contribution in [0.4, 0.5) is 5.69 Å². The van der Waals surface area contributed by atoms with Gasteiger partial charge in [-0.2, -0.15) is 0 Å². The monoisotopic (exact) mass is 306 g/mol. The highest BCUT2D eigenvalue weighted by Crippen LogP contribution is 2.18. The molecule has 5 nitrogen and oxygen atoms in total. The molecule has 0 aromatic heterocycles. The maximum Gasteiger partial charge on any atom is 0.330 e. The fraction of sp³-hybridized carbons (Fsp3) is 0.267. The molecule has 1 aromatic rings. The van der Waals surface area contributed by atoms with Crippen LogP contribution < -0.4 is 10.6 Å². The van der Waals surface area contributed by atoms with E-state index in [1.54, 1.807) is 6.92 Å². The van der Waals surface area contributed by atoms with Gasteiger partial charge >= 0.3 is 5.97 Å². The Labute approximate surface area is 129 Å². The van der Waals surface area contributed by atoms with Crippen LogP contribution in [0.5, 0.6) is 0 Å². The van der Waals surface area contributed by atoms with Crippen molar-refractivity contribution in [1.29, 1.82) is 0 Å². The van der Waals surface area contributed by atoms with Crippen LogP contribution in [0.3, 0.4) is 0 Å². The predicted molar refractivity (Wildman–Crippen MR) is 86.1 cm³/mol. The highest BCUT2D eigenvalue weighted by Gasteiger charge is 2.06. The Morgan fingerprint density at radius 2 is 1.86 bits per heavy atom. The smallest absolute Gasteiger partial charge is 0.330 e. The van der Waals surface area contributed by atoms with E-state index in [2.05, 4.69) is 15.4 Å². The van der Waals surface area contributed by atoms with E-state index < -0.39 is 11.9 Å². The molecule has 1 amide bonds. The van der Waals surface area contributed by atoms with Gasteiger partial charge in [0.25, 0.3) is 0 Å². The van der Waals surface area contributed by atoms with Crippen molar-refractivity contribution in [3.63, 3.8) is 0 Å². The maximum absolute atomic E-state index is 11.6. The van der Waals surface area contributed by atoms with Crippen LogP contribution in [0.1, 0.15) is 18.1 Å². The lowest BCUT2D eigenvalue weighted by molar-refractivity contribution is -0.137. The minimum absolute atomic E-state index is 0.172. The van der Waals surface area contributed by atoms with Crippen LogP contribution in [0.25, 0.3) is 0 Å². The lowest BCUT2D eigenvalue weighted by Gasteiger charge is -2.13. The van der Waals surface area contributed by atoms with Crippen molar-refractivity contribution in [2.45, 2.75) is 20.8 Å². The molecule has 0 aliphatic rings. The molecule has 0 aliphatic heterocycles. The van der Waals surface area contributed by atoms with Crippen LogP contribution in [-0.4, -0.2) is 23.6 Å². The SMILES string of the molecule is CCOC(=O)/C=C/C(=O)NC(=S)Nc1c(C)cccc1C. The molecular formula is C15H18N2O3S. The Morgan fingerprint density at radius 3 is 2.43 bits per heavy atom. The van der Waals surface area contributed by atoms with Gasteiger partial charge in [0, 0.05) is 17.8 Å². The van der Waals surface area contributed by atoms with Gasteiger partial charge in [-0.1, -0.05) is 18.2 Å². The summed E-state index contributed by atoms with van der Waals surface area (Å²) in [5, 5.41) is 5.61. The second kappa shape index (κ2) is 8.16. The third kappa shape index (κ3) is 5.74. The molecule has 0 aliphatic carbocycles. The molecule has 0 bridgehead atoms. The molecule has 2 N–H and O–H groups in total. The summed E-state index contributed by atoms with van der Waals surface area (Å²) in [7, 11) is 0. The second-order valence-electron chi connectivity index (χ2n) is 4.30. The number of esters is 1. The average molecular weight is 306 g/mol. The quantitative estimate of drug-likeness (QED) is 0.507. The number of anilines is 1. The Morgan fingerprint density at radius 1 is 1.24 bits per heavy atom. The molecule has 0 radical (unpaired) electrons. The van der Waals surface area contributed by atoms with E-state index in [0.717, 1.165) is 29.0 Å². The Kier molecular flexibility index (Phi) is 6.55. The lowest BCUT2D eigenvalue weighted by atomic mass is 10.1. The summed E-state index contributed by atoms with van der Waals surface area (Å²) in [5.74, 6) is -1.06. The van der Waals surface area contributed by atoms with Gasteiger partial charge in [0.2, 0.25) is 5.91 Å². The number of aryl methyl sites for hydroxylation is 2. The summed E-state index contributed by atoms with van der Waals surface area (Å²) >= 11 is 5.07. The highest BCUT2D eigenvalue weighted by atomic mass is 32.1. The molecule has 0 atom stereocenters. The molecule has 21 heavy (non-hydrogen) atoms. The second-order valence-corrected chi connectivity index (χ2v) is 4.70. The number of benzene rings is 1. The molecule has 6 heteroatoms. The van der Waals surface area contributed by atoms with Crippen molar-refractivity contribution < 1.29 is 14.3 Å². The molecule has 112 valence electrons. The molecule has 0 heterocycles. The van der Waals surface area contributed by atoms with Crippen LogP contribution in [0, 0.1) is 13.8 Å². The average Bonchev–Trinajstić information content (AvgIpc) is 2.41. The largest absolute Gasteiger partial charge is 0.463 e. The number of nitrogens with one attached hydrogen (secondary N) is 2. The first-order chi connectivity index (χ1) is 9.93. The number of hydrogen-bond donors (Lipinski definition) is 2. The number of thiocarbonyl (C=S) groups is 1. The van der Waals surface area contributed by atoms with Crippen molar-refractivity contribution in [3.05, 3.63) is 41.5 Å². The third-order valence-electron chi connectivity index (χ3n) is 2.61. The zero-order valence-electron chi connectivity index (χ0n) is 12.2. The Bertz CT molecular complexity index is 562. The van der Waals surface area contributed by atoms with E-state index >= 15 is 0 Å². The van der Waals surface area contributed by atoms with Gasteiger partial charge in [-0.15, -0.1) is 0 Å². The molecular weight excluding hydrogens is 288 g/mol. The minimum Gasteiger partial charge on any atom is -0.463 e. The minimum atomic E-state index is -0.568. The van der Waals surface area contributed by atoms with Crippen molar-refractivity contribution in [2.24, 2.45) is 0 Å². The molecule has 0 unspecified atom stereocenters. The summed E-state index contributed by atoms with van der Waals surface area (Å²) in [4.78, 5) is 22.7. The van der Waals surface area contributed by atoms with Gasteiger partial charge in [0.1, 0.15) is 0 Å². The molecule has 0 spiro atoms. The van der Waals surface area contributed by atoms with Crippen LogP contribution in [-0.2, 0) is 14.3 Å². The van der Waals surface area contributed by atoms with E-state index in [0.29, 0.717) is 0 Å². The number of carbonyl (C=O) groups excluding carboxylic acids is 2. The summed E-state index contributed by atoms with van der Waals surface area (Å²) in [5.41, 5.74) is 2.90. The van der Waals surface area contributed by atoms with Gasteiger partial charge < -0.3 is 10.1 Å². The standard InChI is InChI=1S/C15H18N2O3S/c1-4-20-13(19)9-8-12(18)16-15(21)17-14-10(2)6-5-7-11(14)3/h5-9H,4H2,1-3H3,(H2,16,17,18,21)/b9-8+. The molecule has 0 fully saturated rings. The van der Waals surface area contributed by atoms with E-state index in [9.17, 15) is 9.59 Å². The number of rotatable bonds is 4. The molecule has 1 aromatic carbocycles. The highest BCUT2D eigenvalue weighted by molar-refractivity contribution is 7.80. The topological polar surface area (TPSA) is 67.4 Å². The fourth-order valence-electron chi connectivity index (χ4n) is 1.64. The number of carbonyl (C=O) groups is 2. The van der Waals surface area contributed by atoms with E-state index in [1.807, 2.05) is 32.0 Å². The zero-order valence-corrected chi connectivity index (χ0v) is 13.0. The summed E-state index contributed by atoms with van der Waals surface area (Å²) in [6.07, 6.45) is 2.14. The van der Waals surface area contributed by atoms with Crippen molar-refractivity contribution in [1.82, 2.24) is 5.32 Å². The van der Waals surface area contributed by atoms with E-state index in [4.69, 9.17) is 12.2 Å². The van der Waals surface area contributed by atoms with Gasteiger partial charge in [0.05, 0.1) is 6.61 Å². The van der Waals surface area contributed by atoms with Gasteiger partial charge in [-0.05, 0) is 44.1 Å². The Hall–Kier alpha value is -2.21. The van der Waals surface area contributed by atoms with Crippen LogP contribution in [0.2, 0.25) is 0 Å². The summed E-state index contributed by atoms with van der Waals surface area (Å²) in [6, 6.07) is 5.83. The predicted octanol–water partition coefficient (Wildman–Crippen LogP) is 2.24. The summed E-state index contributed by atoms with van der Waals surface area (Å²) < 4.78 is 4.67. The molecule has 0 saturated heterocycles. The van der Waals surface area contributed by atoms with Crippen LogP contribution >= 0.6 is 12.2 Å². The normalized spacial score (nSPS) is 10.2. The molecule has 0 saturated carbocycles. The molecule has 1 rings (SSSR count). The first-order valence-corrected chi connectivity index (χ1v) is 6.88. The van der Waals surface area contributed by atoms with Gasteiger partial charge in [-0.3, -0.25) is 10.1 Å². The fourth-order valence-corrected chi connectivity index (χ4v) is 1.85. The number of hydrogen-bond acceptors (Lipinski definition) is 4. The zero-order chi connectivity index (χ0) is 15.8. The van der Waals surface area contributed by atoms with Crippen LogP contribution in [0.15, 0.2) is 30.4 Å². The van der Waals surface area contributed by atoms with E-state index in [1.165, 1.54) is 0 Å². The van der Waals surface area contributed by atoms with Crippen molar-refractivity contribution >= 4 is 34.9 Å². The Balaban J connectivity index is 2.58. The first kappa shape index (κ1) is 16.8. The van der Waals surface area contributed by atoms with Gasteiger partial charge in [0.15, 0.2) is 5.11 Å².